The van der Waals surface area contributed by atoms with E-state index in [1.807, 2.05) is 18.2 Å². The Morgan fingerprint density at radius 2 is 2.00 bits per heavy atom. The fraction of sp³-hybridized carbons (Fsp3) is 0.429. The third-order valence-electron chi connectivity index (χ3n) is 4.80. The molecule has 1 fully saturated rings. The molecule has 1 aliphatic rings. The van der Waals surface area contributed by atoms with Crippen molar-refractivity contribution < 1.29 is 14.3 Å². The molecule has 0 saturated carbocycles. The molecular weight excluding hydrogens is 413 g/mol. The largest absolute Gasteiger partial charge is 0.493 e. The highest BCUT2D eigenvalue weighted by molar-refractivity contribution is 5.91. The number of pyridine rings is 1. The van der Waals surface area contributed by atoms with Gasteiger partial charge in [0.1, 0.15) is 6.61 Å². The van der Waals surface area contributed by atoms with E-state index >= 15 is 0 Å². The second kappa shape index (κ2) is 13.2. The van der Waals surface area contributed by atoms with Crippen molar-refractivity contribution in [1.82, 2.24) is 10.3 Å². The molecule has 1 saturated heterocycles. The number of anilines is 1. The zero-order chi connectivity index (χ0) is 18.9. The summed E-state index contributed by atoms with van der Waals surface area (Å²) in [5, 5.41) is 6.32. The second-order valence-corrected chi connectivity index (χ2v) is 6.80. The first-order valence-corrected chi connectivity index (χ1v) is 9.45. The Hall–Kier alpha value is -2.02. The van der Waals surface area contributed by atoms with E-state index in [1.54, 1.807) is 31.6 Å². The lowest BCUT2D eigenvalue weighted by Gasteiger charge is -2.22. The van der Waals surface area contributed by atoms with Crippen LogP contribution in [0.4, 0.5) is 5.69 Å². The summed E-state index contributed by atoms with van der Waals surface area (Å²) < 4.78 is 11.2. The molecule has 6 nitrogen and oxygen atoms in total. The van der Waals surface area contributed by atoms with Crippen molar-refractivity contribution in [1.29, 1.82) is 0 Å². The fourth-order valence-corrected chi connectivity index (χ4v) is 3.24. The van der Waals surface area contributed by atoms with E-state index in [9.17, 15) is 4.79 Å². The smallest absolute Gasteiger partial charge is 0.224 e. The Bertz CT molecular complexity index is 741. The molecule has 8 heteroatoms. The number of carbonyl (C=O) groups is 1. The van der Waals surface area contributed by atoms with Gasteiger partial charge in [-0.25, -0.2) is 0 Å². The molecule has 1 amide bonds. The summed E-state index contributed by atoms with van der Waals surface area (Å²) >= 11 is 0. The van der Waals surface area contributed by atoms with Crippen LogP contribution < -0.4 is 20.1 Å². The SMILES string of the molecule is COc1ccc(NC(=O)CCC2CCNCC2)cc1OCc1cccnc1.Cl.Cl. The van der Waals surface area contributed by atoms with Gasteiger partial charge in [0.25, 0.3) is 0 Å². The average molecular weight is 442 g/mol. The van der Waals surface area contributed by atoms with Gasteiger partial charge in [-0.1, -0.05) is 6.07 Å². The molecule has 2 heterocycles. The molecule has 0 unspecified atom stereocenters. The van der Waals surface area contributed by atoms with Crippen molar-refractivity contribution >= 4 is 36.4 Å². The van der Waals surface area contributed by atoms with E-state index in [0.717, 1.165) is 37.9 Å². The minimum absolute atomic E-state index is 0. The molecule has 3 rings (SSSR count). The molecule has 160 valence electrons. The Kier molecular flexibility index (Phi) is 11.4. The number of hydrogen-bond acceptors (Lipinski definition) is 5. The van der Waals surface area contributed by atoms with Crippen molar-refractivity contribution in [2.75, 3.05) is 25.5 Å². The monoisotopic (exact) mass is 441 g/mol. The summed E-state index contributed by atoms with van der Waals surface area (Å²) in [6.45, 7) is 2.50. The van der Waals surface area contributed by atoms with Gasteiger partial charge >= 0.3 is 0 Å². The predicted molar refractivity (Wildman–Crippen MR) is 120 cm³/mol. The number of nitrogens with one attached hydrogen (secondary N) is 2. The van der Waals surface area contributed by atoms with Gasteiger partial charge in [-0.15, -0.1) is 24.8 Å². The maximum absolute atomic E-state index is 12.3. The zero-order valence-electron chi connectivity index (χ0n) is 16.6. The summed E-state index contributed by atoms with van der Waals surface area (Å²) in [5.41, 5.74) is 1.68. The summed E-state index contributed by atoms with van der Waals surface area (Å²) in [6, 6.07) is 9.26. The van der Waals surface area contributed by atoms with Gasteiger partial charge in [0, 0.05) is 36.1 Å². The van der Waals surface area contributed by atoms with Crippen LogP contribution in [0.5, 0.6) is 11.5 Å². The number of nitrogens with zero attached hydrogens (tertiary/aromatic N) is 1. The number of halogens is 2. The minimum Gasteiger partial charge on any atom is -0.493 e. The van der Waals surface area contributed by atoms with Crippen LogP contribution in [0, 0.1) is 5.92 Å². The van der Waals surface area contributed by atoms with Gasteiger partial charge in [-0.3, -0.25) is 9.78 Å². The Labute approximate surface area is 184 Å². The van der Waals surface area contributed by atoms with Gasteiger partial charge in [-0.05, 0) is 56.5 Å². The second-order valence-electron chi connectivity index (χ2n) is 6.80. The molecule has 1 aliphatic heterocycles. The molecule has 2 N–H and O–H groups in total. The summed E-state index contributed by atoms with van der Waals surface area (Å²) in [4.78, 5) is 16.4. The Morgan fingerprint density at radius 1 is 1.21 bits per heavy atom. The maximum atomic E-state index is 12.3. The molecule has 2 aromatic rings. The highest BCUT2D eigenvalue weighted by Crippen LogP contribution is 2.31. The van der Waals surface area contributed by atoms with Gasteiger partial charge < -0.3 is 20.1 Å². The average Bonchev–Trinajstić information content (AvgIpc) is 2.72. The van der Waals surface area contributed by atoms with Crippen molar-refractivity contribution in [3.8, 4) is 11.5 Å². The highest BCUT2D eigenvalue weighted by atomic mass is 35.5. The molecular formula is C21H29Cl2N3O3. The first-order valence-electron chi connectivity index (χ1n) is 9.45. The Morgan fingerprint density at radius 3 is 2.69 bits per heavy atom. The lowest BCUT2D eigenvalue weighted by molar-refractivity contribution is -0.116. The van der Waals surface area contributed by atoms with E-state index in [0.29, 0.717) is 36.1 Å². The number of ether oxygens (including phenoxy) is 2. The van der Waals surface area contributed by atoms with Gasteiger partial charge in [0.05, 0.1) is 7.11 Å². The molecule has 1 aromatic heterocycles. The van der Waals surface area contributed by atoms with E-state index in [1.165, 1.54) is 0 Å². The van der Waals surface area contributed by atoms with Crippen LogP contribution in [-0.2, 0) is 11.4 Å². The number of hydrogen-bond donors (Lipinski definition) is 2. The number of aromatic nitrogens is 1. The molecule has 1 aromatic carbocycles. The molecule has 0 spiro atoms. The topological polar surface area (TPSA) is 72.5 Å². The van der Waals surface area contributed by atoms with E-state index in [2.05, 4.69) is 15.6 Å². The van der Waals surface area contributed by atoms with Crippen molar-refractivity contribution in [3.05, 3.63) is 48.3 Å². The molecule has 29 heavy (non-hydrogen) atoms. The molecule has 0 bridgehead atoms. The van der Waals surface area contributed by atoms with Gasteiger partial charge in [0.15, 0.2) is 11.5 Å². The number of carbonyl (C=O) groups excluding carboxylic acids is 1. The molecule has 0 aliphatic carbocycles. The number of methoxy groups -OCH3 is 1. The van der Waals surface area contributed by atoms with Crippen LogP contribution in [-0.4, -0.2) is 31.1 Å². The van der Waals surface area contributed by atoms with Crippen LogP contribution in [0.2, 0.25) is 0 Å². The quantitative estimate of drug-likeness (QED) is 0.640. The lowest BCUT2D eigenvalue weighted by atomic mass is 9.93. The summed E-state index contributed by atoms with van der Waals surface area (Å²) in [5.74, 6) is 1.91. The van der Waals surface area contributed by atoms with Gasteiger partial charge in [-0.2, -0.15) is 0 Å². The minimum atomic E-state index is 0. The van der Waals surface area contributed by atoms with Crippen molar-refractivity contribution in [3.63, 3.8) is 0 Å². The van der Waals surface area contributed by atoms with Crippen LogP contribution in [0.15, 0.2) is 42.7 Å². The van der Waals surface area contributed by atoms with Crippen LogP contribution in [0.1, 0.15) is 31.2 Å². The zero-order valence-corrected chi connectivity index (χ0v) is 18.2. The first-order chi connectivity index (χ1) is 13.2. The number of amides is 1. The summed E-state index contributed by atoms with van der Waals surface area (Å²) in [6.07, 6.45) is 7.28. The highest BCUT2D eigenvalue weighted by Gasteiger charge is 2.15. The predicted octanol–water partition coefficient (Wildman–Crippen LogP) is 4.23. The fourth-order valence-electron chi connectivity index (χ4n) is 3.24. The molecule has 0 radical (unpaired) electrons. The lowest BCUT2D eigenvalue weighted by Crippen LogP contribution is -2.28. The van der Waals surface area contributed by atoms with Crippen LogP contribution in [0.25, 0.3) is 0 Å². The van der Waals surface area contributed by atoms with Gasteiger partial charge in [0.2, 0.25) is 5.91 Å². The van der Waals surface area contributed by atoms with Crippen molar-refractivity contribution in [2.45, 2.75) is 32.3 Å². The summed E-state index contributed by atoms with van der Waals surface area (Å²) in [7, 11) is 1.60. The number of piperidine rings is 1. The number of benzene rings is 1. The number of rotatable bonds is 8. The normalized spacial score (nSPS) is 13.6. The first kappa shape index (κ1) is 25.0. The third-order valence-corrected chi connectivity index (χ3v) is 4.80. The third kappa shape index (κ3) is 8.09. The standard InChI is InChI=1S/C21H27N3O3.2ClH/c1-26-19-6-5-18(13-20(19)27-15-17-3-2-10-23-14-17)24-21(25)7-4-16-8-11-22-12-9-16;;/h2-3,5-6,10,13-14,16,22H,4,7-9,11-12,15H2,1H3,(H,24,25);2*1H. The molecule has 0 atom stereocenters. The van der Waals surface area contributed by atoms with E-state index in [-0.39, 0.29) is 30.7 Å². The van der Waals surface area contributed by atoms with E-state index in [4.69, 9.17) is 9.47 Å². The van der Waals surface area contributed by atoms with Crippen LogP contribution in [0.3, 0.4) is 0 Å². The van der Waals surface area contributed by atoms with Crippen LogP contribution >= 0.6 is 24.8 Å². The maximum Gasteiger partial charge on any atom is 0.224 e. The Balaban J connectivity index is 0.00000210. The van der Waals surface area contributed by atoms with Crippen molar-refractivity contribution in [2.24, 2.45) is 5.92 Å². The van der Waals surface area contributed by atoms with E-state index < -0.39 is 0 Å².